The average molecular weight is 447 g/mol. The number of fused-ring (bicyclic) bond motifs is 1. The van der Waals surface area contributed by atoms with E-state index in [-0.39, 0.29) is 23.8 Å². The van der Waals surface area contributed by atoms with E-state index in [0.29, 0.717) is 31.0 Å². The summed E-state index contributed by atoms with van der Waals surface area (Å²) in [7, 11) is 1.66. The Morgan fingerprint density at radius 1 is 1.24 bits per heavy atom. The van der Waals surface area contributed by atoms with Gasteiger partial charge in [0.1, 0.15) is 11.9 Å². The summed E-state index contributed by atoms with van der Waals surface area (Å²) in [4.78, 5) is 31.5. The predicted octanol–water partition coefficient (Wildman–Crippen LogP) is 1.79. The number of carbonyl (C=O) groups excluding carboxylic acids is 2. The standard InChI is InChI=1S/C24H25N5O4/c1-29-19-16(3-2-13-25-19)6-9-18(22(29)32)26-20(31)21-27-28-23(33-21)24(11-12-24)17-7-4-15(5-8-17)10-14-30/h2-5,7-8,13,18,30H,6,9-12,14H2,1H3,(H,26,31). The Balaban J connectivity index is 1.30. The zero-order valence-electron chi connectivity index (χ0n) is 18.3. The van der Waals surface area contributed by atoms with E-state index in [0.717, 1.165) is 29.5 Å². The summed E-state index contributed by atoms with van der Waals surface area (Å²) < 4.78 is 5.79. The van der Waals surface area contributed by atoms with E-state index in [4.69, 9.17) is 9.52 Å². The first kappa shape index (κ1) is 21.3. The predicted molar refractivity (Wildman–Crippen MR) is 119 cm³/mol. The summed E-state index contributed by atoms with van der Waals surface area (Å²) in [5, 5.41) is 20.0. The van der Waals surface area contributed by atoms with Crippen molar-refractivity contribution in [3.63, 3.8) is 0 Å². The zero-order valence-corrected chi connectivity index (χ0v) is 18.3. The van der Waals surface area contributed by atoms with Crippen LogP contribution in [0.1, 0.15) is 52.5 Å². The lowest BCUT2D eigenvalue weighted by Crippen LogP contribution is -2.47. The number of carbonyl (C=O) groups is 2. The zero-order chi connectivity index (χ0) is 23.0. The molecule has 1 aliphatic heterocycles. The Bertz CT molecular complexity index is 1190. The smallest absolute Gasteiger partial charge is 0.309 e. The van der Waals surface area contributed by atoms with E-state index < -0.39 is 11.9 Å². The molecular formula is C24H25N5O4. The molecule has 0 radical (unpaired) electrons. The maximum absolute atomic E-state index is 12.9. The van der Waals surface area contributed by atoms with Crippen molar-refractivity contribution in [2.75, 3.05) is 18.6 Å². The lowest BCUT2D eigenvalue weighted by atomic mass is 9.94. The third-order valence-electron chi connectivity index (χ3n) is 6.51. The Morgan fingerprint density at radius 2 is 2.03 bits per heavy atom. The number of likely N-dealkylation sites (N-methyl/N-ethyl adjacent to an activating group) is 1. The molecule has 1 aromatic carbocycles. The van der Waals surface area contributed by atoms with Gasteiger partial charge in [-0.25, -0.2) is 4.98 Å². The van der Waals surface area contributed by atoms with Gasteiger partial charge >= 0.3 is 11.8 Å². The summed E-state index contributed by atoms with van der Waals surface area (Å²) in [5.41, 5.74) is 2.68. The average Bonchev–Trinajstić information content (AvgIpc) is 3.51. The van der Waals surface area contributed by atoms with E-state index in [2.05, 4.69) is 20.5 Å². The molecule has 2 amide bonds. The molecule has 9 nitrogen and oxygen atoms in total. The molecule has 0 saturated heterocycles. The maximum atomic E-state index is 12.9. The first-order chi connectivity index (χ1) is 16.0. The second-order valence-electron chi connectivity index (χ2n) is 8.61. The van der Waals surface area contributed by atoms with Crippen molar-refractivity contribution in [3.05, 3.63) is 71.1 Å². The lowest BCUT2D eigenvalue weighted by molar-refractivity contribution is -0.120. The number of pyridine rings is 1. The van der Waals surface area contributed by atoms with Gasteiger partial charge in [0.2, 0.25) is 11.8 Å². The molecule has 3 aromatic rings. The summed E-state index contributed by atoms with van der Waals surface area (Å²) >= 11 is 0. The number of nitrogens with zero attached hydrogens (tertiary/aromatic N) is 4. The van der Waals surface area contributed by atoms with Gasteiger partial charge in [-0.2, -0.15) is 0 Å². The van der Waals surface area contributed by atoms with Gasteiger partial charge in [-0.15, -0.1) is 10.2 Å². The summed E-state index contributed by atoms with van der Waals surface area (Å²) in [6, 6.07) is 11.0. The van der Waals surface area contributed by atoms with Crippen molar-refractivity contribution >= 4 is 17.6 Å². The summed E-state index contributed by atoms with van der Waals surface area (Å²) in [5.74, 6) is 0.0719. The minimum absolute atomic E-state index is 0.106. The van der Waals surface area contributed by atoms with Gasteiger partial charge < -0.3 is 14.8 Å². The van der Waals surface area contributed by atoms with Crippen LogP contribution in [-0.2, 0) is 23.1 Å². The summed E-state index contributed by atoms with van der Waals surface area (Å²) in [6.07, 6.45) is 5.04. The third-order valence-corrected chi connectivity index (χ3v) is 6.51. The van der Waals surface area contributed by atoms with Crippen molar-refractivity contribution in [2.24, 2.45) is 0 Å². The number of hydrogen-bond donors (Lipinski definition) is 2. The second kappa shape index (κ2) is 8.40. The van der Waals surface area contributed by atoms with E-state index in [1.54, 1.807) is 13.2 Å². The van der Waals surface area contributed by atoms with Crippen LogP contribution in [0.3, 0.4) is 0 Å². The number of aliphatic hydroxyl groups is 1. The second-order valence-corrected chi connectivity index (χ2v) is 8.61. The highest BCUT2D eigenvalue weighted by atomic mass is 16.4. The molecule has 1 atom stereocenters. The van der Waals surface area contributed by atoms with Crippen molar-refractivity contribution in [3.8, 4) is 0 Å². The maximum Gasteiger partial charge on any atom is 0.309 e. The van der Waals surface area contributed by atoms with Gasteiger partial charge in [0.25, 0.3) is 0 Å². The van der Waals surface area contributed by atoms with E-state index in [1.807, 2.05) is 36.4 Å². The molecule has 1 unspecified atom stereocenters. The molecule has 33 heavy (non-hydrogen) atoms. The number of rotatable bonds is 6. The highest BCUT2D eigenvalue weighted by Crippen LogP contribution is 2.52. The molecule has 0 spiro atoms. The molecule has 2 aliphatic rings. The number of aromatic nitrogens is 3. The van der Waals surface area contributed by atoms with Gasteiger partial charge in [-0.1, -0.05) is 30.3 Å². The Labute approximate surface area is 190 Å². The van der Waals surface area contributed by atoms with Crippen molar-refractivity contribution in [1.29, 1.82) is 0 Å². The van der Waals surface area contributed by atoms with Gasteiger partial charge in [0.05, 0.1) is 5.41 Å². The van der Waals surface area contributed by atoms with Crippen molar-refractivity contribution in [2.45, 2.75) is 43.6 Å². The topological polar surface area (TPSA) is 121 Å². The van der Waals surface area contributed by atoms with E-state index in [9.17, 15) is 9.59 Å². The molecule has 0 bridgehead atoms. The van der Waals surface area contributed by atoms with Gasteiger partial charge in [-0.3, -0.25) is 14.5 Å². The van der Waals surface area contributed by atoms with E-state index in [1.165, 1.54) is 4.90 Å². The number of benzene rings is 1. The number of aliphatic hydroxyl groups excluding tert-OH is 1. The Hall–Kier alpha value is -3.59. The molecule has 2 N–H and O–H groups in total. The molecule has 5 rings (SSSR count). The fraction of sp³-hybridized carbons (Fsp3) is 0.375. The fourth-order valence-electron chi connectivity index (χ4n) is 4.42. The largest absolute Gasteiger partial charge is 0.416 e. The van der Waals surface area contributed by atoms with Crippen LogP contribution >= 0.6 is 0 Å². The van der Waals surface area contributed by atoms with Gasteiger partial charge in [0.15, 0.2) is 0 Å². The van der Waals surface area contributed by atoms with Gasteiger partial charge in [-0.05, 0) is 54.9 Å². The monoisotopic (exact) mass is 447 g/mol. The van der Waals surface area contributed by atoms with Crippen LogP contribution in [0.4, 0.5) is 5.82 Å². The molecule has 1 saturated carbocycles. The molecule has 9 heteroatoms. The van der Waals surface area contributed by atoms with Crippen LogP contribution in [0.5, 0.6) is 0 Å². The SMILES string of the molecule is CN1C(=O)C(NC(=O)c2nnc(C3(c4ccc(CCO)cc4)CC3)o2)CCc2cccnc21. The van der Waals surface area contributed by atoms with Crippen LogP contribution in [0.25, 0.3) is 0 Å². The molecular weight excluding hydrogens is 422 g/mol. The van der Waals surface area contributed by atoms with Crippen LogP contribution in [0.15, 0.2) is 47.0 Å². The van der Waals surface area contributed by atoms with Crippen molar-refractivity contribution < 1.29 is 19.1 Å². The number of amides is 2. The van der Waals surface area contributed by atoms with Crippen LogP contribution in [-0.4, -0.2) is 51.8 Å². The highest BCUT2D eigenvalue weighted by molar-refractivity contribution is 6.01. The highest BCUT2D eigenvalue weighted by Gasteiger charge is 2.51. The first-order valence-corrected chi connectivity index (χ1v) is 11.1. The third kappa shape index (κ3) is 3.89. The minimum atomic E-state index is -0.707. The molecule has 3 heterocycles. The molecule has 1 aliphatic carbocycles. The van der Waals surface area contributed by atoms with E-state index >= 15 is 0 Å². The number of hydrogen-bond acceptors (Lipinski definition) is 7. The normalized spacial score (nSPS) is 19.0. The first-order valence-electron chi connectivity index (χ1n) is 11.1. The van der Waals surface area contributed by atoms with Crippen LogP contribution < -0.4 is 10.2 Å². The Morgan fingerprint density at radius 3 is 2.76 bits per heavy atom. The Kier molecular flexibility index (Phi) is 5.41. The van der Waals surface area contributed by atoms with Crippen LogP contribution in [0, 0.1) is 0 Å². The number of aryl methyl sites for hydroxylation is 1. The molecule has 2 aromatic heterocycles. The van der Waals surface area contributed by atoms with Crippen molar-refractivity contribution in [1.82, 2.24) is 20.5 Å². The van der Waals surface area contributed by atoms with Crippen LogP contribution in [0.2, 0.25) is 0 Å². The summed E-state index contributed by atoms with van der Waals surface area (Å²) in [6.45, 7) is 0.106. The number of anilines is 1. The molecule has 170 valence electrons. The quantitative estimate of drug-likeness (QED) is 0.591. The minimum Gasteiger partial charge on any atom is -0.416 e. The molecule has 1 fully saturated rings. The fourth-order valence-corrected chi connectivity index (χ4v) is 4.42. The lowest BCUT2D eigenvalue weighted by Gasteiger charge is -2.20. The number of nitrogens with one attached hydrogen (secondary N) is 1. The van der Waals surface area contributed by atoms with Gasteiger partial charge in [0, 0.05) is 19.9 Å².